The number of halogens is 1. The number of carbonyl (C=O) groups is 1. The summed E-state index contributed by atoms with van der Waals surface area (Å²) in [6, 6.07) is 6.22. The highest BCUT2D eigenvalue weighted by molar-refractivity contribution is 7.14. The van der Waals surface area contributed by atoms with E-state index in [1.807, 2.05) is 16.8 Å². The smallest absolute Gasteiger partial charge is 0.275 e. The maximum atomic E-state index is 13.0. The van der Waals surface area contributed by atoms with E-state index in [0.717, 1.165) is 10.6 Å². The van der Waals surface area contributed by atoms with Crippen molar-refractivity contribution >= 4 is 34.3 Å². The zero-order chi connectivity index (χ0) is 14.8. The maximum Gasteiger partial charge on any atom is 0.275 e. The Labute approximate surface area is 129 Å². The van der Waals surface area contributed by atoms with Crippen molar-refractivity contribution in [2.45, 2.75) is 6.92 Å². The molecule has 2 aromatic heterocycles. The molecule has 0 atom stereocenters. The van der Waals surface area contributed by atoms with Crippen molar-refractivity contribution in [2.75, 3.05) is 5.32 Å². The van der Waals surface area contributed by atoms with Crippen LogP contribution < -0.4 is 5.32 Å². The summed E-state index contributed by atoms with van der Waals surface area (Å²) in [5, 5.41) is 9.26. The molecule has 0 saturated carbocycles. The molecule has 0 bridgehead atoms. The van der Waals surface area contributed by atoms with Gasteiger partial charge in [0.1, 0.15) is 16.5 Å². The topological polar surface area (TPSA) is 42.0 Å². The maximum absolute atomic E-state index is 13.0. The van der Waals surface area contributed by atoms with Crippen LogP contribution >= 0.6 is 22.7 Å². The molecule has 0 spiro atoms. The first kappa shape index (κ1) is 13.9. The van der Waals surface area contributed by atoms with E-state index in [1.54, 1.807) is 29.7 Å². The van der Waals surface area contributed by atoms with Crippen LogP contribution in [0.4, 0.5) is 10.1 Å². The van der Waals surface area contributed by atoms with Crippen LogP contribution in [0.2, 0.25) is 0 Å². The van der Waals surface area contributed by atoms with Gasteiger partial charge in [0.2, 0.25) is 0 Å². The molecule has 106 valence electrons. The van der Waals surface area contributed by atoms with Crippen molar-refractivity contribution in [2.24, 2.45) is 0 Å². The first-order chi connectivity index (χ1) is 10.1. The molecule has 0 saturated heterocycles. The number of thiophene rings is 1. The van der Waals surface area contributed by atoms with Gasteiger partial charge in [-0.1, -0.05) is 0 Å². The number of thiazole rings is 1. The molecule has 3 rings (SSSR count). The van der Waals surface area contributed by atoms with Crippen LogP contribution in [0.5, 0.6) is 0 Å². The van der Waals surface area contributed by atoms with Crippen LogP contribution in [-0.4, -0.2) is 10.9 Å². The Balaban J connectivity index is 1.79. The van der Waals surface area contributed by atoms with Gasteiger partial charge in [-0.25, -0.2) is 9.37 Å². The molecule has 1 amide bonds. The van der Waals surface area contributed by atoms with Gasteiger partial charge in [-0.3, -0.25) is 4.79 Å². The lowest BCUT2D eigenvalue weighted by molar-refractivity contribution is 0.102. The first-order valence-corrected chi connectivity index (χ1v) is 8.01. The highest BCUT2D eigenvalue weighted by Crippen LogP contribution is 2.26. The van der Waals surface area contributed by atoms with Gasteiger partial charge < -0.3 is 5.32 Å². The molecule has 6 heteroatoms. The van der Waals surface area contributed by atoms with Crippen molar-refractivity contribution in [3.8, 4) is 10.6 Å². The summed E-state index contributed by atoms with van der Waals surface area (Å²) in [5.41, 5.74) is 2.65. The summed E-state index contributed by atoms with van der Waals surface area (Å²) in [4.78, 5) is 16.5. The third-order valence-corrected chi connectivity index (χ3v) is 4.52. The molecule has 0 radical (unpaired) electrons. The van der Waals surface area contributed by atoms with E-state index >= 15 is 0 Å². The Morgan fingerprint density at radius 3 is 2.86 bits per heavy atom. The van der Waals surface area contributed by atoms with Crippen LogP contribution in [-0.2, 0) is 0 Å². The van der Waals surface area contributed by atoms with Gasteiger partial charge in [0.15, 0.2) is 0 Å². The van der Waals surface area contributed by atoms with E-state index in [1.165, 1.54) is 23.5 Å². The quantitative estimate of drug-likeness (QED) is 0.768. The number of amides is 1. The zero-order valence-electron chi connectivity index (χ0n) is 11.1. The number of aromatic nitrogens is 1. The lowest BCUT2D eigenvalue weighted by Gasteiger charge is -2.06. The zero-order valence-corrected chi connectivity index (χ0v) is 12.7. The van der Waals surface area contributed by atoms with Gasteiger partial charge in [-0.15, -0.1) is 11.3 Å². The summed E-state index contributed by atoms with van der Waals surface area (Å²) >= 11 is 3.02. The van der Waals surface area contributed by atoms with Crippen LogP contribution in [0.15, 0.2) is 40.4 Å². The Hall–Kier alpha value is -2.05. The number of rotatable bonds is 3. The van der Waals surface area contributed by atoms with Crippen LogP contribution in [0, 0.1) is 12.7 Å². The predicted molar refractivity (Wildman–Crippen MR) is 84.5 cm³/mol. The molecule has 0 aliphatic rings. The number of hydrogen-bond donors (Lipinski definition) is 1. The number of anilines is 1. The van der Waals surface area contributed by atoms with E-state index in [-0.39, 0.29) is 11.7 Å². The Bertz CT molecular complexity index is 781. The molecule has 1 N–H and O–H groups in total. The number of nitrogens with one attached hydrogen (secondary N) is 1. The molecule has 21 heavy (non-hydrogen) atoms. The van der Waals surface area contributed by atoms with Gasteiger partial charge >= 0.3 is 0 Å². The summed E-state index contributed by atoms with van der Waals surface area (Å²) in [5.74, 6) is -0.610. The lowest BCUT2D eigenvalue weighted by atomic mass is 10.2. The molecule has 0 fully saturated rings. The van der Waals surface area contributed by atoms with Crippen molar-refractivity contribution in [1.82, 2.24) is 4.98 Å². The number of nitrogens with zero attached hydrogens (tertiary/aromatic N) is 1. The molecule has 0 unspecified atom stereocenters. The third kappa shape index (κ3) is 3.01. The average Bonchev–Trinajstić information content (AvgIpc) is 3.10. The minimum Gasteiger partial charge on any atom is -0.320 e. The van der Waals surface area contributed by atoms with Crippen LogP contribution in [0.25, 0.3) is 10.6 Å². The fourth-order valence-electron chi connectivity index (χ4n) is 1.85. The van der Waals surface area contributed by atoms with E-state index in [2.05, 4.69) is 10.3 Å². The standard InChI is InChI=1S/C15H11FN2OS2/c1-9-6-11(16)2-3-12(9)17-14(19)13-8-21-15(18-13)10-4-5-20-7-10/h2-8H,1H3,(H,17,19). The summed E-state index contributed by atoms with van der Waals surface area (Å²) < 4.78 is 13.0. The Morgan fingerprint density at radius 2 is 2.14 bits per heavy atom. The number of benzene rings is 1. The summed E-state index contributed by atoms with van der Waals surface area (Å²) in [6.45, 7) is 1.75. The monoisotopic (exact) mass is 318 g/mol. The predicted octanol–water partition coefficient (Wildman–Crippen LogP) is 4.57. The second kappa shape index (κ2) is 5.75. The van der Waals surface area contributed by atoms with Gasteiger partial charge in [0, 0.05) is 22.0 Å². The fourth-order valence-corrected chi connectivity index (χ4v) is 3.36. The molecular weight excluding hydrogens is 307 g/mol. The Kier molecular flexibility index (Phi) is 3.81. The molecule has 0 aliphatic carbocycles. The normalized spacial score (nSPS) is 10.6. The number of aryl methyl sites for hydroxylation is 1. The van der Waals surface area contributed by atoms with E-state index in [9.17, 15) is 9.18 Å². The SMILES string of the molecule is Cc1cc(F)ccc1NC(=O)c1csc(-c2ccsc2)n1. The minimum absolute atomic E-state index is 0.289. The summed E-state index contributed by atoms with van der Waals surface area (Å²) in [7, 11) is 0. The number of hydrogen-bond acceptors (Lipinski definition) is 4. The van der Waals surface area contributed by atoms with Crippen molar-refractivity contribution in [3.63, 3.8) is 0 Å². The average molecular weight is 318 g/mol. The Morgan fingerprint density at radius 1 is 1.29 bits per heavy atom. The van der Waals surface area contributed by atoms with Crippen LogP contribution in [0.3, 0.4) is 0 Å². The second-order valence-electron chi connectivity index (χ2n) is 4.46. The van der Waals surface area contributed by atoms with E-state index < -0.39 is 0 Å². The van der Waals surface area contributed by atoms with Crippen molar-refractivity contribution < 1.29 is 9.18 Å². The highest BCUT2D eigenvalue weighted by Gasteiger charge is 2.13. The number of carbonyl (C=O) groups excluding carboxylic acids is 1. The van der Waals surface area contributed by atoms with Gasteiger partial charge in [0.25, 0.3) is 5.91 Å². The second-order valence-corrected chi connectivity index (χ2v) is 6.10. The molecule has 3 nitrogen and oxygen atoms in total. The molecule has 0 aliphatic heterocycles. The third-order valence-electron chi connectivity index (χ3n) is 2.94. The minimum atomic E-state index is -0.320. The molecular formula is C15H11FN2OS2. The molecule has 1 aromatic carbocycles. The van der Waals surface area contributed by atoms with Crippen molar-refractivity contribution in [3.05, 3.63) is 57.5 Å². The van der Waals surface area contributed by atoms with Crippen molar-refractivity contribution in [1.29, 1.82) is 0 Å². The molecule has 2 heterocycles. The van der Waals surface area contributed by atoms with Gasteiger partial charge in [-0.05, 0) is 42.1 Å². The van der Waals surface area contributed by atoms with E-state index in [0.29, 0.717) is 16.9 Å². The summed E-state index contributed by atoms with van der Waals surface area (Å²) in [6.07, 6.45) is 0. The largest absolute Gasteiger partial charge is 0.320 e. The van der Waals surface area contributed by atoms with Gasteiger partial charge in [-0.2, -0.15) is 11.3 Å². The van der Waals surface area contributed by atoms with Crippen LogP contribution in [0.1, 0.15) is 16.1 Å². The lowest BCUT2D eigenvalue weighted by Crippen LogP contribution is -2.13. The first-order valence-electron chi connectivity index (χ1n) is 6.19. The van der Waals surface area contributed by atoms with E-state index in [4.69, 9.17) is 0 Å². The fraction of sp³-hybridized carbons (Fsp3) is 0.0667. The van der Waals surface area contributed by atoms with Gasteiger partial charge in [0.05, 0.1) is 0 Å². The highest BCUT2D eigenvalue weighted by atomic mass is 32.1. The molecule has 3 aromatic rings.